The number of benzene rings is 1. The lowest BCUT2D eigenvalue weighted by Crippen LogP contribution is -2.52. The van der Waals surface area contributed by atoms with Crippen LogP contribution in [0, 0.1) is 10.1 Å². The van der Waals surface area contributed by atoms with Crippen LogP contribution in [0.2, 0.25) is 0 Å². The largest absolute Gasteiger partial charge is 0.470 e. The number of nitrogens with one attached hydrogen (secondary N) is 1. The van der Waals surface area contributed by atoms with Gasteiger partial charge in [-0.2, -0.15) is 0 Å². The molecule has 6 heteroatoms. The van der Waals surface area contributed by atoms with Gasteiger partial charge in [0.2, 0.25) is 0 Å². The fraction of sp³-hybridized carbons (Fsp3) is 0.611. The predicted octanol–water partition coefficient (Wildman–Crippen LogP) is 3.74. The Morgan fingerprint density at radius 2 is 1.79 bits per heavy atom. The van der Waals surface area contributed by atoms with Crippen molar-refractivity contribution in [2.75, 3.05) is 0 Å². The van der Waals surface area contributed by atoms with Gasteiger partial charge in [0, 0.05) is 12.1 Å². The van der Waals surface area contributed by atoms with Crippen LogP contribution >= 0.6 is 0 Å². The van der Waals surface area contributed by atoms with Gasteiger partial charge in [-0.3, -0.25) is 14.9 Å². The Bertz CT molecular complexity index is 605. The van der Waals surface area contributed by atoms with Crippen molar-refractivity contribution in [2.24, 2.45) is 0 Å². The van der Waals surface area contributed by atoms with Crippen molar-refractivity contribution < 1.29 is 14.5 Å². The molecule has 0 heterocycles. The van der Waals surface area contributed by atoms with Crippen LogP contribution in [0.5, 0.6) is 5.75 Å². The number of carbonyl (C=O) groups excluding carboxylic acids is 1. The molecule has 0 bridgehead atoms. The average Bonchev–Trinajstić information content (AvgIpc) is 3.06. The van der Waals surface area contributed by atoms with Gasteiger partial charge in [0.1, 0.15) is 0 Å². The van der Waals surface area contributed by atoms with Crippen molar-refractivity contribution in [3.05, 3.63) is 34.4 Å². The van der Waals surface area contributed by atoms with Crippen LogP contribution in [-0.4, -0.2) is 22.5 Å². The maximum atomic E-state index is 12.9. The molecule has 2 aliphatic rings. The molecular weight excluding hydrogens is 308 g/mol. The maximum absolute atomic E-state index is 12.9. The fourth-order valence-corrected chi connectivity index (χ4v) is 3.79. The summed E-state index contributed by atoms with van der Waals surface area (Å²) in [6.45, 7) is 0. The molecule has 3 rings (SSSR count). The molecule has 2 fully saturated rings. The van der Waals surface area contributed by atoms with Crippen LogP contribution in [0.1, 0.15) is 57.8 Å². The van der Waals surface area contributed by atoms with Crippen LogP contribution < -0.4 is 10.1 Å². The highest BCUT2D eigenvalue weighted by Gasteiger charge is 2.45. The van der Waals surface area contributed by atoms with Gasteiger partial charge in [-0.05, 0) is 44.6 Å². The first-order valence-corrected chi connectivity index (χ1v) is 8.84. The number of hydrogen-bond donors (Lipinski definition) is 1. The van der Waals surface area contributed by atoms with Crippen molar-refractivity contribution in [3.8, 4) is 5.75 Å². The van der Waals surface area contributed by atoms with E-state index in [0.717, 1.165) is 38.5 Å². The van der Waals surface area contributed by atoms with Crippen LogP contribution in [0.15, 0.2) is 24.3 Å². The summed E-state index contributed by atoms with van der Waals surface area (Å²) in [4.78, 5) is 23.7. The Labute approximate surface area is 141 Å². The SMILES string of the molecule is O=C(NC1CCCCC1)C1(Oc2ccccc2[N+](=O)[O-])CCCC1. The normalized spacial score (nSPS) is 20.5. The molecule has 1 amide bonds. The number of amides is 1. The third-order valence-electron chi connectivity index (χ3n) is 5.13. The first-order valence-electron chi connectivity index (χ1n) is 8.84. The summed E-state index contributed by atoms with van der Waals surface area (Å²) in [6, 6.07) is 6.50. The van der Waals surface area contributed by atoms with Crippen LogP contribution in [-0.2, 0) is 4.79 Å². The number of hydrogen-bond acceptors (Lipinski definition) is 4. The van der Waals surface area contributed by atoms with Crippen molar-refractivity contribution in [3.63, 3.8) is 0 Å². The minimum absolute atomic E-state index is 0.0887. The maximum Gasteiger partial charge on any atom is 0.310 e. The Hall–Kier alpha value is -2.11. The molecule has 24 heavy (non-hydrogen) atoms. The molecule has 0 radical (unpaired) electrons. The Kier molecular flexibility index (Phi) is 5.02. The Morgan fingerprint density at radius 1 is 1.12 bits per heavy atom. The highest BCUT2D eigenvalue weighted by atomic mass is 16.6. The zero-order valence-electron chi connectivity index (χ0n) is 13.8. The minimum atomic E-state index is -0.969. The number of ether oxygens (including phenoxy) is 1. The number of carbonyl (C=O) groups is 1. The van der Waals surface area contributed by atoms with Gasteiger partial charge in [-0.1, -0.05) is 31.4 Å². The summed E-state index contributed by atoms with van der Waals surface area (Å²) in [7, 11) is 0. The summed E-state index contributed by atoms with van der Waals surface area (Å²) in [5, 5.41) is 14.3. The minimum Gasteiger partial charge on any atom is -0.470 e. The van der Waals surface area contributed by atoms with Crippen molar-refractivity contribution >= 4 is 11.6 Å². The summed E-state index contributed by atoms with van der Waals surface area (Å²) >= 11 is 0. The standard InChI is InChI=1S/C18H24N2O4/c21-17(19-14-8-2-1-3-9-14)18(12-6-7-13-18)24-16-11-5-4-10-15(16)20(22)23/h4-5,10-11,14H,1-3,6-9,12-13H2,(H,19,21). The second-order valence-corrected chi connectivity index (χ2v) is 6.84. The summed E-state index contributed by atoms with van der Waals surface area (Å²) < 4.78 is 6.01. The number of nitro benzene ring substituents is 1. The third-order valence-corrected chi connectivity index (χ3v) is 5.13. The molecule has 2 aliphatic carbocycles. The lowest BCUT2D eigenvalue weighted by atomic mass is 9.93. The number of para-hydroxylation sites is 2. The van der Waals surface area contributed by atoms with Gasteiger partial charge in [0.25, 0.3) is 5.91 Å². The number of nitro groups is 1. The van der Waals surface area contributed by atoms with Crippen molar-refractivity contribution in [1.82, 2.24) is 5.32 Å². The van der Waals surface area contributed by atoms with E-state index in [1.54, 1.807) is 18.2 Å². The summed E-state index contributed by atoms with van der Waals surface area (Å²) in [5.41, 5.74) is -1.06. The first-order chi connectivity index (χ1) is 11.6. The molecule has 0 atom stereocenters. The van der Waals surface area contributed by atoms with E-state index in [1.807, 2.05) is 0 Å². The highest BCUT2D eigenvalue weighted by molar-refractivity contribution is 5.86. The molecule has 0 saturated heterocycles. The van der Waals surface area contributed by atoms with Crippen LogP contribution in [0.3, 0.4) is 0 Å². The van der Waals surface area contributed by atoms with E-state index in [1.165, 1.54) is 12.5 Å². The average molecular weight is 332 g/mol. The van der Waals surface area contributed by atoms with Gasteiger partial charge in [-0.25, -0.2) is 0 Å². The van der Waals surface area contributed by atoms with E-state index in [4.69, 9.17) is 4.74 Å². The second kappa shape index (κ2) is 7.20. The van der Waals surface area contributed by atoms with Crippen molar-refractivity contribution in [2.45, 2.75) is 69.4 Å². The van der Waals surface area contributed by atoms with E-state index in [0.29, 0.717) is 12.8 Å². The van der Waals surface area contributed by atoms with Crippen LogP contribution in [0.4, 0.5) is 5.69 Å². The molecule has 1 N–H and O–H groups in total. The monoisotopic (exact) mass is 332 g/mol. The zero-order valence-corrected chi connectivity index (χ0v) is 13.8. The molecule has 1 aromatic rings. The lowest BCUT2D eigenvalue weighted by molar-refractivity contribution is -0.386. The highest BCUT2D eigenvalue weighted by Crippen LogP contribution is 2.38. The van der Waals surface area contributed by atoms with Gasteiger partial charge in [-0.15, -0.1) is 0 Å². The van der Waals surface area contributed by atoms with E-state index in [2.05, 4.69) is 5.32 Å². The van der Waals surface area contributed by atoms with Gasteiger partial charge in [0.05, 0.1) is 4.92 Å². The van der Waals surface area contributed by atoms with Gasteiger partial charge < -0.3 is 10.1 Å². The molecule has 6 nitrogen and oxygen atoms in total. The molecule has 0 unspecified atom stereocenters. The molecular formula is C18H24N2O4. The zero-order chi connectivity index (χ0) is 17.0. The van der Waals surface area contributed by atoms with Gasteiger partial charge in [0.15, 0.2) is 11.4 Å². The first kappa shape index (κ1) is 16.7. The topological polar surface area (TPSA) is 81.5 Å². The molecule has 2 saturated carbocycles. The lowest BCUT2D eigenvalue weighted by Gasteiger charge is -2.32. The molecule has 0 aliphatic heterocycles. The fourth-order valence-electron chi connectivity index (χ4n) is 3.79. The molecule has 0 aromatic heterocycles. The van der Waals surface area contributed by atoms with E-state index >= 15 is 0 Å². The predicted molar refractivity (Wildman–Crippen MR) is 89.9 cm³/mol. The Morgan fingerprint density at radius 3 is 2.46 bits per heavy atom. The van der Waals surface area contributed by atoms with Gasteiger partial charge >= 0.3 is 5.69 Å². The smallest absolute Gasteiger partial charge is 0.310 e. The quantitative estimate of drug-likeness (QED) is 0.658. The molecule has 130 valence electrons. The van der Waals surface area contributed by atoms with Crippen molar-refractivity contribution in [1.29, 1.82) is 0 Å². The Balaban J connectivity index is 1.78. The second-order valence-electron chi connectivity index (χ2n) is 6.84. The summed E-state index contributed by atoms with van der Waals surface area (Å²) in [6.07, 6.45) is 8.55. The number of rotatable bonds is 5. The van der Waals surface area contributed by atoms with Crippen LogP contribution in [0.25, 0.3) is 0 Å². The molecule has 0 spiro atoms. The van der Waals surface area contributed by atoms with E-state index < -0.39 is 10.5 Å². The third kappa shape index (κ3) is 3.52. The number of nitrogens with zero attached hydrogens (tertiary/aromatic N) is 1. The summed E-state index contributed by atoms with van der Waals surface area (Å²) in [5.74, 6) is 0.0771. The molecule has 1 aromatic carbocycles. The van der Waals surface area contributed by atoms with E-state index in [-0.39, 0.29) is 23.4 Å². The van der Waals surface area contributed by atoms with E-state index in [9.17, 15) is 14.9 Å².